The van der Waals surface area contributed by atoms with Crippen LogP contribution in [-0.2, 0) is 0 Å². The van der Waals surface area contributed by atoms with Gasteiger partial charge in [0.1, 0.15) is 5.82 Å². The van der Waals surface area contributed by atoms with Crippen molar-refractivity contribution in [1.82, 2.24) is 10.2 Å². The van der Waals surface area contributed by atoms with Gasteiger partial charge in [0.05, 0.1) is 10.0 Å². The van der Waals surface area contributed by atoms with Crippen LogP contribution in [0, 0.1) is 5.82 Å². The normalized spacial score (nSPS) is 10.4. The van der Waals surface area contributed by atoms with Crippen LogP contribution in [0.3, 0.4) is 0 Å². The molecule has 5 heteroatoms. The first-order chi connectivity index (χ1) is 6.75. The van der Waals surface area contributed by atoms with Crippen LogP contribution >= 0.6 is 23.4 Å². The van der Waals surface area contributed by atoms with Crippen LogP contribution in [0.4, 0.5) is 4.39 Å². The molecule has 1 aromatic heterocycles. The van der Waals surface area contributed by atoms with Crippen LogP contribution in [0.25, 0.3) is 0 Å². The molecule has 72 valence electrons. The molecule has 2 aromatic rings. The molecule has 0 bridgehead atoms. The molecule has 1 N–H and O–H groups in total. The summed E-state index contributed by atoms with van der Waals surface area (Å²) >= 11 is 7.09. The quantitative estimate of drug-likeness (QED) is 0.854. The van der Waals surface area contributed by atoms with Gasteiger partial charge in [-0.05, 0) is 24.3 Å². The van der Waals surface area contributed by atoms with Crippen molar-refractivity contribution < 1.29 is 4.39 Å². The molecule has 14 heavy (non-hydrogen) atoms. The molecule has 0 spiro atoms. The molecule has 0 saturated heterocycles. The fraction of sp³-hybridized carbons (Fsp3) is 0. The molecule has 1 heterocycles. The van der Waals surface area contributed by atoms with Gasteiger partial charge in [-0.3, -0.25) is 5.10 Å². The number of hydrogen-bond donors (Lipinski definition) is 1. The second-order valence-electron chi connectivity index (χ2n) is 2.60. The Bertz CT molecular complexity index is 430. The van der Waals surface area contributed by atoms with Crippen molar-refractivity contribution in [2.75, 3.05) is 0 Å². The number of nitrogens with zero attached hydrogens (tertiary/aromatic N) is 1. The van der Waals surface area contributed by atoms with E-state index in [0.29, 0.717) is 0 Å². The average molecular weight is 229 g/mol. The van der Waals surface area contributed by atoms with Crippen molar-refractivity contribution in [3.05, 3.63) is 41.3 Å². The first-order valence-corrected chi connectivity index (χ1v) is 5.07. The molecule has 1 aromatic carbocycles. The van der Waals surface area contributed by atoms with Crippen LogP contribution in [-0.4, -0.2) is 10.2 Å². The molecule has 0 aliphatic heterocycles. The maximum atomic E-state index is 12.8. The highest BCUT2D eigenvalue weighted by molar-refractivity contribution is 7.99. The van der Waals surface area contributed by atoms with E-state index >= 15 is 0 Å². The van der Waals surface area contributed by atoms with Gasteiger partial charge in [-0.25, -0.2) is 4.39 Å². The second kappa shape index (κ2) is 4.02. The number of aromatic nitrogens is 2. The molecule has 0 atom stereocenters. The number of rotatable bonds is 2. The fourth-order valence-corrected chi connectivity index (χ4v) is 2.01. The Kier molecular flexibility index (Phi) is 2.74. The number of benzene rings is 1. The van der Waals surface area contributed by atoms with Crippen molar-refractivity contribution in [2.24, 2.45) is 0 Å². The van der Waals surface area contributed by atoms with E-state index in [1.807, 2.05) is 6.07 Å². The molecule has 0 radical (unpaired) electrons. The highest BCUT2D eigenvalue weighted by Crippen LogP contribution is 2.28. The predicted octanol–water partition coefficient (Wildman–Crippen LogP) is 3.35. The lowest BCUT2D eigenvalue weighted by Gasteiger charge is -1.99. The summed E-state index contributed by atoms with van der Waals surface area (Å²) in [5.41, 5.74) is 0. The lowest BCUT2D eigenvalue weighted by atomic mass is 10.3. The van der Waals surface area contributed by atoms with Crippen LogP contribution < -0.4 is 0 Å². The molecule has 0 saturated carbocycles. The zero-order chi connectivity index (χ0) is 9.97. The van der Waals surface area contributed by atoms with Crippen LogP contribution in [0.2, 0.25) is 5.02 Å². The molecular weight excluding hydrogens is 223 g/mol. The van der Waals surface area contributed by atoms with Gasteiger partial charge in [0.2, 0.25) is 0 Å². The Morgan fingerprint density at radius 2 is 2.21 bits per heavy atom. The molecule has 0 amide bonds. The Balaban J connectivity index is 2.22. The maximum absolute atomic E-state index is 12.8. The van der Waals surface area contributed by atoms with Gasteiger partial charge in [-0.1, -0.05) is 23.4 Å². The zero-order valence-corrected chi connectivity index (χ0v) is 8.57. The van der Waals surface area contributed by atoms with Crippen LogP contribution in [0.1, 0.15) is 0 Å². The first-order valence-electron chi connectivity index (χ1n) is 3.88. The molecule has 2 nitrogen and oxygen atoms in total. The summed E-state index contributed by atoms with van der Waals surface area (Å²) in [5.74, 6) is -0.402. The van der Waals surface area contributed by atoms with Crippen LogP contribution in [0.5, 0.6) is 0 Å². The lowest BCUT2D eigenvalue weighted by Crippen LogP contribution is -1.78. The van der Waals surface area contributed by atoms with E-state index in [1.54, 1.807) is 18.3 Å². The monoisotopic (exact) mass is 228 g/mol. The van der Waals surface area contributed by atoms with Crippen LogP contribution in [0.15, 0.2) is 40.4 Å². The largest absolute Gasteiger partial charge is 0.272 e. The maximum Gasteiger partial charge on any atom is 0.141 e. The van der Waals surface area contributed by atoms with Gasteiger partial charge < -0.3 is 0 Å². The zero-order valence-electron chi connectivity index (χ0n) is 7.00. The van der Waals surface area contributed by atoms with Crippen molar-refractivity contribution in [3.63, 3.8) is 0 Å². The first kappa shape index (κ1) is 9.55. The lowest BCUT2D eigenvalue weighted by molar-refractivity contribution is 0.627. The van der Waals surface area contributed by atoms with Crippen molar-refractivity contribution in [1.29, 1.82) is 0 Å². The fourth-order valence-electron chi connectivity index (χ4n) is 0.967. The van der Waals surface area contributed by atoms with E-state index in [0.717, 1.165) is 9.92 Å². The second-order valence-corrected chi connectivity index (χ2v) is 4.12. The Hall–Kier alpha value is -1.00. The number of H-pyrrole nitrogens is 1. The Morgan fingerprint density at radius 1 is 1.36 bits per heavy atom. The van der Waals surface area contributed by atoms with E-state index in [4.69, 9.17) is 11.6 Å². The molecular formula is C9H6ClFN2S. The number of halogens is 2. The Morgan fingerprint density at radius 3 is 2.86 bits per heavy atom. The summed E-state index contributed by atoms with van der Waals surface area (Å²) in [7, 11) is 0. The minimum Gasteiger partial charge on any atom is -0.272 e. The standard InChI is InChI=1S/C9H6ClFN2S/c10-7-5-6(1-2-8(7)11)14-9-3-4-12-13-9/h1-5H,(H,12,13). The third-order valence-corrected chi connectivity index (χ3v) is 2.82. The summed E-state index contributed by atoms with van der Waals surface area (Å²) in [4.78, 5) is 0.876. The minimum absolute atomic E-state index is 0.134. The van der Waals surface area contributed by atoms with Gasteiger partial charge in [0, 0.05) is 11.1 Å². The van der Waals surface area contributed by atoms with Crippen molar-refractivity contribution in [2.45, 2.75) is 9.92 Å². The van der Waals surface area contributed by atoms with Gasteiger partial charge in [0.15, 0.2) is 0 Å². The van der Waals surface area contributed by atoms with E-state index < -0.39 is 5.82 Å². The molecule has 0 unspecified atom stereocenters. The molecule has 0 fully saturated rings. The number of hydrogen-bond acceptors (Lipinski definition) is 2. The van der Waals surface area contributed by atoms with Gasteiger partial charge >= 0.3 is 0 Å². The number of aromatic amines is 1. The molecule has 0 aliphatic carbocycles. The third-order valence-electron chi connectivity index (χ3n) is 1.59. The Labute approximate surface area is 89.5 Å². The van der Waals surface area contributed by atoms with Gasteiger partial charge in [0.25, 0.3) is 0 Å². The van der Waals surface area contributed by atoms with E-state index in [1.165, 1.54) is 17.8 Å². The summed E-state index contributed by atoms with van der Waals surface area (Å²) in [5, 5.41) is 7.63. The summed E-state index contributed by atoms with van der Waals surface area (Å²) < 4.78 is 12.8. The minimum atomic E-state index is -0.402. The van der Waals surface area contributed by atoms with Crippen molar-refractivity contribution in [3.8, 4) is 0 Å². The SMILES string of the molecule is Fc1ccc(Sc2ccn[nH]2)cc1Cl. The third kappa shape index (κ3) is 2.08. The highest BCUT2D eigenvalue weighted by atomic mass is 35.5. The summed E-state index contributed by atoms with van der Waals surface area (Å²) in [6.07, 6.45) is 1.66. The average Bonchev–Trinajstić information content (AvgIpc) is 2.64. The van der Waals surface area contributed by atoms with Crippen molar-refractivity contribution >= 4 is 23.4 Å². The van der Waals surface area contributed by atoms with E-state index in [2.05, 4.69) is 10.2 Å². The molecule has 2 rings (SSSR count). The van der Waals surface area contributed by atoms with Gasteiger partial charge in [-0.2, -0.15) is 5.10 Å². The summed E-state index contributed by atoms with van der Waals surface area (Å²) in [6.45, 7) is 0. The van der Waals surface area contributed by atoms with E-state index in [-0.39, 0.29) is 5.02 Å². The highest BCUT2D eigenvalue weighted by Gasteiger charge is 2.02. The topological polar surface area (TPSA) is 28.7 Å². The number of nitrogens with one attached hydrogen (secondary N) is 1. The predicted molar refractivity (Wildman–Crippen MR) is 54.1 cm³/mol. The van der Waals surface area contributed by atoms with E-state index in [9.17, 15) is 4.39 Å². The van der Waals surface area contributed by atoms with Gasteiger partial charge in [-0.15, -0.1) is 0 Å². The summed E-state index contributed by atoms with van der Waals surface area (Å²) in [6, 6.07) is 6.44. The smallest absolute Gasteiger partial charge is 0.141 e. The molecule has 0 aliphatic rings.